The number of carboxylic acids is 1. The number of sulfonamides is 1. The van der Waals surface area contributed by atoms with Gasteiger partial charge in [-0.25, -0.2) is 8.42 Å². The number of carbonyl (C=O) groups is 1. The number of nitrogens with one attached hydrogen (secondary N) is 1. The fourth-order valence-corrected chi connectivity index (χ4v) is 3.59. The van der Waals surface area contributed by atoms with Gasteiger partial charge in [-0.15, -0.1) is 0 Å². The Morgan fingerprint density at radius 1 is 1.47 bits per heavy atom. The molecule has 19 heavy (non-hydrogen) atoms. The molecule has 5 nitrogen and oxygen atoms in total. The summed E-state index contributed by atoms with van der Waals surface area (Å²) in [5.41, 5.74) is 0. The van der Waals surface area contributed by atoms with E-state index < -0.39 is 22.0 Å². The minimum absolute atomic E-state index is 0.0179. The number of carboxylic acid groups (broad SMARTS) is 1. The van der Waals surface area contributed by atoms with Crippen LogP contribution in [0, 0.1) is 5.92 Å². The van der Waals surface area contributed by atoms with E-state index in [1.54, 1.807) is 0 Å². The van der Waals surface area contributed by atoms with Gasteiger partial charge in [0, 0.05) is 4.47 Å². The van der Waals surface area contributed by atoms with Crippen LogP contribution in [0.25, 0.3) is 0 Å². The van der Waals surface area contributed by atoms with Crippen LogP contribution in [0.4, 0.5) is 0 Å². The van der Waals surface area contributed by atoms with Crippen LogP contribution < -0.4 is 4.72 Å². The second kappa shape index (κ2) is 5.40. The molecule has 0 aliphatic heterocycles. The van der Waals surface area contributed by atoms with E-state index in [1.807, 2.05) is 0 Å². The van der Waals surface area contributed by atoms with E-state index in [2.05, 4.69) is 20.7 Å². The van der Waals surface area contributed by atoms with Gasteiger partial charge >= 0.3 is 5.97 Å². The van der Waals surface area contributed by atoms with E-state index in [0.717, 1.165) is 12.8 Å². The van der Waals surface area contributed by atoms with E-state index >= 15 is 0 Å². The summed E-state index contributed by atoms with van der Waals surface area (Å²) in [5.74, 6) is -1.28. The number of hydrogen-bond donors (Lipinski definition) is 2. The van der Waals surface area contributed by atoms with Crippen molar-refractivity contribution >= 4 is 43.5 Å². The molecule has 8 heteroatoms. The maximum absolute atomic E-state index is 12.1. The average molecular weight is 369 g/mol. The quantitative estimate of drug-likeness (QED) is 0.835. The minimum Gasteiger partial charge on any atom is -0.480 e. The lowest BCUT2D eigenvalue weighted by molar-refractivity contribution is -0.139. The van der Waals surface area contributed by atoms with Gasteiger partial charge < -0.3 is 5.11 Å². The first-order chi connectivity index (χ1) is 8.81. The summed E-state index contributed by atoms with van der Waals surface area (Å²) >= 11 is 8.93. The van der Waals surface area contributed by atoms with Crippen LogP contribution in [0.3, 0.4) is 0 Å². The van der Waals surface area contributed by atoms with Crippen LogP contribution >= 0.6 is 27.5 Å². The Morgan fingerprint density at radius 2 is 2.11 bits per heavy atom. The SMILES string of the molecule is O=C(O)C(NS(=O)(=O)c1ccc(Cl)c(Br)c1)C1CC1. The second-order valence-corrected chi connectivity index (χ2v) is 7.33. The lowest BCUT2D eigenvalue weighted by Crippen LogP contribution is -2.42. The fraction of sp³-hybridized carbons (Fsp3) is 0.364. The van der Waals surface area contributed by atoms with Crippen molar-refractivity contribution < 1.29 is 18.3 Å². The third-order valence-corrected chi connectivity index (χ3v) is 5.50. The van der Waals surface area contributed by atoms with Crippen molar-refractivity contribution in [2.75, 3.05) is 0 Å². The van der Waals surface area contributed by atoms with Crippen LogP contribution in [0.2, 0.25) is 5.02 Å². The Hall–Kier alpha value is -0.630. The highest BCUT2D eigenvalue weighted by atomic mass is 79.9. The number of halogens is 2. The molecule has 1 aliphatic rings. The van der Waals surface area contributed by atoms with E-state index in [4.69, 9.17) is 16.7 Å². The minimum atomic E-state index is -3.87. The van der Waals surface area contributed by atoms with Gasteiger partial charge in [-0.3, -0.25) is 4.79 Å². The maximum Gasteiger partial charge on any atom is 0.322 e. The number of aliphatic carboxylic acids is 1. The summed E-state index contributed by atoms with van der Waals surface area (Å²) in [5, 5.41) is 9.42. The monoisotopic (exact) mass is 367 g/mol. The molecule has 1 atom stereocenters. The second-order valence-electron chi connectivity index (χ2n) is 4.35. The average Bonchev–Trinajstić information content (AvgIpc) is 3.13. The van der Waals surface area contributed by atoms with Crippen molar-refractivity contribution in [1.29, 1.82) is 0 Å². The number of hydrogen-bond acceptors (Lipinski definition) is 3. The van der Waals surface area contributed by atoms with E-state index in [1.165, 1.54) is 18.2 Å². The van der Waals surface area contributed by atoms with Crippen LogP contribution in [0.1, 0.15) is 12.8 Å². The van der Waals surface area contributed by atoms with Crippen molar-refractivity contribution in [2.24, 2.45) is 5.92 Å². The molecule has 0 saturated heterocycles. The van der Waals surface area contributed by atoms with Gasteiger partial charge in [-0.05, 0) is 52.9 Å². The Kier molecular flexibility index (Phi) is 4.20. The van der Waals surface area contributed by atoms with Gasteiger partial charge in [0.1, 0.15) is 6.04 Å². The molecule has 2 N–H and O–H groups in total. The fourth-order valence-electron chi connectivity index (χ4n) is 1.66. The first-order valence-corrected chi connectivity index (χ1v) is 8.17. The summed E-state index contributed by atoms with van der Waals surface area (Å²) < 4.78 is 26.9. The molecule has 1 unspecified atom stereocenters. The molecular formula is C11H11BrClNO4S. The molecule has 1 saturated carbocycles. The third kappa shape index (κ3) is 3.47. The largest absolute Gasteiger partial charge is 0.480 e. The lowest BCUT2D eigenvalue weighted by Gasteiger charge is -2.14. The Morgan fingerprint density at radius 3 is 2.58 bits per heavy atom. The zero-order chi connectivity index (χ0) is 14.2. The maximum atomic E-state index is 12.1. The molecule has 0 radical (unpaired) electrons. The zero-order valence-corrected chi connectivity index (χ0v) is 12.8. The highest BCUT2D eigenvalue weighted by Gasteiger charge is 2.39. The molecule has 0 amide bonds. The predicted octanol–water partition coefficient (Wildman–Crippen LogP) is 2.24. The Balaban J connectivity index is 2.26. The highest BCUT2D eigenvalue weighted by Crippen LogP contribution is 2.34. The van der Waals surface area contributed by atoms with Crippen molar-refractivity contribution in [3.05, 3.63) is 27.7 Å². The number of benzene rings is 1. The Bertz CT molecular complexity index is 615. The first-order valence-electron chi connectivity index (χ1n) is 5.51. The molecule has 2 rings (SSSR count). The molecule has 0 aromatic heterocycles. The molecule has 104 valence electrons. The number of rotatable bonds is 5. The van der Waals surface area contributed by atoms with Crippen molar-refractivity contribution in [2.45, 2.75) is 23.8 Å². The summed E-state index contributed by atoms with van der Waals surface area (Å²) in [4.78, 5) is 11.0. The van der Waals surface area contributed by atoms with E-state index in [0.29, 0.717) is 9.50 Å². The smallest absolute Gasteiger partial charge is 0.322 e. The van der Waals surface area contributed by atoms with Gasteiger partial charge in [-0.1, -0.05) is 11.6 Å². The van der Waals surface area contributed by atoms with Gasteiger partial charge in [0.2, 0.25) is 10.0 Å². The van der Waals surface area contributed by atoms with Gasteiger partial charge in [-0.2, -0.15) is 4.72 Å². The third-order valence-electron chi connectivity index (χ3n) is 2.84. The standard InChI is InChI=1S/C11H11BrClNO4S/c12-8-5-7(3-4-9(8)13)19(17,18)14-10(11(15)16)6-1-2-6/h3-6,10,14H,1-2H2,(H,15,16). The normalized spacial score (nSPS) is 17.2. The predicted molar refractivity (Wildman–Crippen MR) is 73.6 cm³/mol. The molecule has 1 aromatic carbocycles. The molecule has 1 aliphatic carbocycles. The van der Waals surface area contributed by atoms with Gasteiger partial charge in [0.15, 0.2) is 0 Å². The molecule has 0 heterocycles. The molecule has 1 fully saturated rings. The molecule has 0 spiro atoms. The first kappa shape index (κ1) is 14.8. The summed E-state index contributed by atoms with van der Waals surface area (Å²) in [7, 11) is -3.87. The van der Waals surface area contributed by atoms with E-state index in [9.17, 15) is 13.2 Å². The van der Waals surface area contributed by atoms with Crippen LogP contribution in [-0.2, 0) is 14.8 Å². The van der Waals surface area contributed by atoms with Crippen molar-refractivity contribution in [3.8, 4) is 0 Å². The van der Waals surface area contributed by atoms with Crippen molar-refractivity contribution in [1.82, 2.24) is 4.72 Å². The molecule has 0 bridgehead atoms. The van der Waals surface area contributed by atoms with Crippen molar-refractivity contribution in [3.63, 3.8) is 0 Å². The summed E-state index contributed by atoms with van der Waals surface area (Å²) in [6.07, 6.45) is 1.45. The lowest BCUT2D eigenvalue weighted by atomic mass is 10.2. The summed E-state index contributed by atoms with van der Waals surface area (Å²) in [6.45, 7) is 0. The Labute approximate surface area is 124 Å². The summed E-state index contributed by atoms with van der Waals surface area (Å²) in [6, 6.07) is 3.05. The topological polar surface area (TPSA) is 83.5 Å². The molecular weight excluding hydrogens is 358 g/mol. The molecule has 1 aromatic rings. The van der Waals surface area contributed by atoms with Gasteiger partial charge in [0.05, 0.1) is 9.92 Å². The van der Waals surface area contributed by atoms with E-state index in [-0.39, 0.29) is 10.8 Å². The van der Waals surface area contributed by atoms with Crippen LogP contribution in [0.5, 0.6) is 0 Å². The van der Waals surface area contributed by atoms with Crippen LogP contribution in [-0.4, -0.2) is 25.5 Å². The highest BCUT2D eigenvalue weighted by molar-refractivity contribution is 9.10. The van der Waals surface area contributed by atoms with Gasteiger partial charge in [0.25, 0.3) is 0 Å². The van der Waals surface area contributed by atoms with Crippen LogP contribution in [0.15, 0.2) is 27.6 Å². The zero-order valence-electron chi connectivity index (χ0n) is 9.64.